The van der Waals surface area contributed by atoms with Gasteiger partial charge in [-0.15, -0.1) is 10.2 Å². The van der Waals surface area contributed by atoms with Gasteiger partial charge in [0, 0.05) is 13.5 Å². The van der Waals surface area contributed by atoms with Gasteiger partial charge in [0.15, 0.2) is 5.16 Å². The highest BCUT2D eigenvalue weighted by molar-refractivity contribution is 7.99. The third-order valence-corrected chi connectivity index (χ3v) is 3.99. The number of ether oxygens (including phenoxy) is 1. The molecule has 0 atom stereocenters. The number of hydrogen-bond acceptors (Lipinski definition) is 6. The predicted octanol–water partition coefficient (Wildman–Crippen LogP) is 1.90. The van der Waals surface area contributed by atoms with Crippen molar-refractivity contribution in [2.75, 3.05) is 12.4 Å². The number of aryl methyl sites for hydroxylation is 1. The lowest BCUT2D eigenvalue weighted by Crippen LogP contribution is -2.08. The van der Waals surface area contributed by atoms with Crippen LogP contribution in [-0.2, 0) is 23.0 Å². The molecule has 0 unspecified atom stereocenters. The second kappa shape index (κ2) is 7.74. The summed E-state index contributed by atoms with van der Waals surface area (Å²) in [7, 11) is 1.83. The normalized spacial score (nSPS) is 10.5. The minimum absolute atomic E-state index is 0.0943. The summed E-state index contributed by atoms with van der Waals surface area (Å²) in [5, 5.41) is 8.39. The van der Waals surface area contributed by atoms with Crippen LogP contribution in [0, 0.1) is 0 Å². The van der Waals surface area contributed by atoms with Gasteiger partial charge in [0.2, 0.25) is 0 Å². The average molecular weight is 319 g/mol. The van der Waals surface area contributed by atoms with Crippen LogP contribution in [0.15, 0.2) is 35.7 Å². The SMILES string of the molecule is CCOC(=O)c1ccc(CC(=O)CSc2nncn2C)cc1. The molecule has 0 amide bonds. The van der Waals surface area contributed by atoms with Crippen LogP contribution >= 0.6 is 11.8 Å². The fourth-order valence-corrected chi connectivity index (χ4v) is 2.55. The van der Waals surface area contributed by atoms with Gasteiger partial charge >= 0.3 is 5.97 Å². The standard InChI is InChI=1S/C15H17N3O3S/c1-3-21-14(20)12-6-4-11(5-7-12)8-13(19)9-22-15-17-16-10-18(15)2/h4-7,10H,3,8-9H2,1-2H3. The number of hydrogen-bond donors (Lipinski definition) is 0. The van der Waals surface area contributed by atoms with Crippen LogP contribution in [0.4, 0.5) is 0 Å². The number of thioether (sulfide) groups is 1. The molecule has 0 bridgehead atoms. The van der Waals surface area contributed by atoms with Crippen LogP contribution in [0.25, 0.3) is 0 Å². The third-order valence-electron chi connectivity index (χ3n) is 2.90. The Morgan fingerprint density at radius 1 is 1.27 bits per heavy atom. The van der Waals surface area contributed by atoms with Gasteiger partial charge < -0.3 is 9.30 Å². The highest BCUT2D eigenvalue weighted by Gasteiger charge is 2.10. The molecule has 2 rings (SSSR count). The summed E-state index contributed by atoms with van der Waals surface area (Å²) in [4.78, 5) is 23.5. The molecule has 0 fully saturated rings. The minimum Gasteiger partial charge on any atom is -0.462 e. The zero-order valence-corrected chi connectivity index (χ0v) is 13.3. The van der Waals surface area contributed by atoms with E-state index in [0.29, 0.717) is 29.5 Å². The molecule has 1 aromatic carbocycles. The molecular formula is C15H17N3O3S. The number of nitrogens with zero attached hydrogens (tertiary/aromatic N) is 3. The molecular weight excluding hydrogens is 302 g/mol. The van der Waals surface area contributed by atoms with E-state index in [0.717, 1.165) is 5.56 Å². The lowest BCUT2D eigenvalue weighted by Gasteiger charge is -2.04. The van der Waals surface area contributed by atoms with Crippen molar-refractivity contribution in [3.63, 3.8) is 0 Å². The van der Waals surface area contributed by atoms with Crippen LogP contribution in [0.5, 0.6) is 0 Å². The van der Waals surface area contributed by atoms with Gasteiger partial charge in [-0.05, 0) is 24.6 Å². The number of ketones is 1. The van der Waals surface area contributed by atoms with E-state index < -0.39 is 0 Å². The maximum absolute atomic E-state index is 12.0. The zero-order chi connectivity index (χ0) is 15.9. The summed E-state index contributed by atoms with van der Waals surface area (Å²) >= 11 is 1.36. The summed E-state index contributed by atoms with van der Waals surface area (Å²) in [5.41, 5.74) is 1.36. The summed E-state index contributed by atoms with van der Waals surface area (Å²) < 4.78 is 6.69. The molecule has 116 valence electrons. The number of rotatable bonds is 7. The maximum Gasteiger partial charge on any atom is 0.338 e. The molecule has 0 saturated heterocycles. The molecule has 0 aliphatic rings. The Kier molecular flexibility index (Phi) is 5.71. The van der Waals surface area contributed by atoms with E-state index in [1.54, 1.807) is 42.1 Å². The molecule has 0 N–H and O–H groups in total. The van der Waals surface area contributed by atoms with Crippen molar-refractivity contribution in [2.45, 2.75) is 18.5 Å². The molecule has 2 aromatic rings. The molecule has 0 aliphatic carbocycles. The fourth-order valence-electron chi connectivity index (χ4n) is 1.80. The van der Waals surface area contributed by atoms with Crippen LogP contribution in [0.3, 0.4) is 0 Å². The Morgan fingerprint density at radius 2 is 2.00 bits per heavy atom. The first kappa shape index (κ1) is 16.2. The van der Waals surface area contributed by atoms with Crippen LogP contribution in [0.1, 0.15) is 22.8 Å². The Balaban J connectivity index is 1.86. The number of Topliss-reactive ketones (excluding diaryl/α,β-unsaturated/α-hetero) is 1. The van der Waals surface area contributed by atoms with Gasteiger partial charge in [-0.1, -0.05) is 23.9 Å². The first-order valence-corrected chi connectivity index (χ1v) is 7.83. The molecule has 1 heterocycles. The van der Waals surface area contributed by atoms with E-state index >= 15 is 0 Å². The van der Waals surface area contributed by atoms with E-state index in [9.17, 15) is 9.59 Å². The van der Waals surface area contributed by atoms with Crippen molar-refractivity contribution < 1.29 is 14.3 Å². The quantitative estimate of drug-likeness (QED) is 0.573. The van der Waals surface area contributed by atoms with Crippen molar-refractivity contribution in [3.05, 3.63) is 41.7 Å². The largest absolute Gasteiger partial charge is 0.462 e. The molecule has 22 heavy (non-hydrogen) atoms. The smallest absolute Gasteiger partial charge is 0.338 e. The number of aromatic nitrogens is 3. The molecule has 0 radical (unpaired) electrons. The van der Waals surface area contributed by atoms with Gasteiger partial charge in [0.05, 0.1) is 17.9 Å². The molecule has 0 aliphatic heterocycles. The highest BCUT2D eigenvalue weighted by atomic mass is 32.2. The van der Waals surface area contributed by atoms with Crippen molar-refractivity contribution in [2.24, 2.45) is 7.05 Å². The predicted molar refractivity (Wildman–Crippen MR) is 82.8 cm³/mol. The first-order chi connectivity index (χ1) is 10.6. The van der Waals surface area contributed by atoms with E-state index in [4.69, 9.17) is 4.74 Å². The summed E-state index contributed by atoms with van der Waals surface area (Å²) in [6.45, 7) is 2.11. The van der Waals surface area contributed by atoms with Crippen LogP contribution < -0.4 is 0 Å². The molecule has 6 nitrogen and oxygen atoms in total. The van der Waals surface area contributed by atoms with E-state index in [1.807, 2.05) is 7.05 Å². The molecule has 0 spiro atoms. The first-order valence-electron chi connectivity index (χ1n) is 6.84. The topological polar surface area (TPSA) is 74.1 Å². The monoisotopic (exact) mass is 319 g/mol. The summed E-state index contributed by atoms with van der Waals surface area (Å²) in [6, 6.07) is 6.90. The van der Waals surface area contributed by atoms with E-state index in [1.165, 1.54) is 11.8 Å². The number of benzene rings is 1. The number of carbonyl (C=O) groups excluding carboxylic acids is 2. The Morgan fingerprint density at radius 3 is 2.59 bits per heavy atom. The Labute approximate surface area is 132 Å². The van der Waals surface area contributed by atoms with Crippen LogP contribution in [-0.4, -0.2) is 38.9 Å². The van der Waals surface area contributed by atoms with Gasteiger partial charge in [0.1, 0.15) is 12.1 Å². The molecule has 7 heteroatoms. The van der Waals surface area contributed by atoms with E-state index in [-0.39, 0.29) is 11.8 Å². The molecule has 0 saturated carbocycles. The maximum atomic E-state index is 12.0. The lowest BCUT2D eigenvalue weighted by atomic mass is 10.1. The minimum atomic E-state index is -0.349. The van der Waals surface area contributed by atoms with Gasteiger partial charge in [-0.2, -0.15) is 0 Å². The number of esters is 1. The van der Waals surface area contributed by atoms with Crippen molar-refractivity contribution >= 4 is 23.5 Å². The third kappa shape index (κ3) is 4.42. The summed E-state index contributed by atoms with van der Waals surface area (Å²) in [6.07, 6.45) is 1.93. The van der Waals surface area contributed by atoms with Gasteiger partial charge in [-0.3, -0.25) is 4.79 Å². The fraction of sp³-hybridized carbons (Fsp3) is 0.333. The second-order valence-electron chi connectivity index (χ2n) is 4.65. The molecule has 1 aromatic heterocycles. The van der Waals surface area contributed by atoms with E-state index in [2.05, 4.69) is 10.2 Å². The Bertz CT molecular complexity index is 652. The van der Waals surface area contributed by atoms with Gasteiger partial charge in [-0.25, -0.2) is 4.79 Å². The summed E-state index contributed by atoms with van der Waals surface area (Å²) in [5.74, 6) is 0.0849. The zero-order valence-electron chi connectivity index (χ0n) is 12.5. The number of carbonyl (C=O) groups is 2. The highest BCUT2D eigenvalue weighted by Crippen LogP contribution is 2.14. The Hall–Kier alpha value is -2.15. The lowest BCUT2D eigenvalue weighted by molar-refractivity contribution is -0.116. The second-order valence-corrected chi connectivity index (χ2v) is 5.59. The average Bonchev–Trinajstić information content (AvgIpc) is 2.91. The van der Waals surface area contributed by atoms with Crippen molar-refractivity contribution in [1.82, 2.24) is 14.8 Å². The van der Waals surface area contributed by atoms with Crippen molar-refractivity contribution in [3.8, 4) is 0 Å². The van der Waals surface area contributed by atoms with Crippen LogP contribution in [0.2, 0.25) is 0 Å². The van der Waals surface area contributed by atoms with Crippen molar-refractivity contribution in [1.29, 1.82) is 0 Å². The van der Waals surface area contributed by atoms with Gasteiger partial charge in [0.25, 0.3) is 0 Å².